The van der Waals surface area contributed by atoms with E-state index >= 15 is 0 Å². The number of hydrazone groups is 1. The van der Waals surface area contributed by atoms with E-state index in [2.05, 4.69) is 15.3 Å². The Morgan fingerprint density at radius 1 is 1.16 bits per heavy atom. The number of carbonyl (C=O) groups excluding carboxylic acids is 2. The maximum atomic E-state index is 14.6. The van der Waals surface area contributed by atoms with E-state index in [1.54, 1.807) is 25.3 Å². The number of amides is 3. The third-order valence-corrected chi connectivity index (χ3v) is 6.58. The van der Waals surface area contributed by atoms with Gasteiger partial charge in [0.25, 0.3) is 5.91 Å². The van der Waals surface area contributed by atoms with Crippen LogP contribution in [0.3, 0.4) is 0 Å². The third kappa shape index (κ3) is 6.44. The van der Waals surface area contributed by atoms with E-state index in [9.17, 15) is 14.0 Å². The van der Waals surface area contributed by atoms with Gasteiger partial charge >= 0.3 is 6.03 Å². The number of carbonyl (C=O) groups is 2. The van der Waals surface area contributed by atoms with Crippen molar-refractivity contribution in [1.29, 1.82) is 0 Å². The molecule has 1 N–H and O–H groups in total. The standard InChI is InChI=1S/C27H34FN5O4/c1-3-29-27(35)32(13-12-31-14-16-37-17-15-31)19-26(34)33-24(21-9-5-7-11-25(21)36-2)18-23(30-33)20-8-4-6-10-22(20)28/h4-11,24H,3,12-19H2,1-2H3,(H,29,35)/t24-/m0/s1. The number of benzene rings is 2. The molecule has 0 aliphatic carbocycles. The highest BCUT2D eigenvalue weighted by molar-refractivity contribution is 6.03. The molecule has 0 radical (unpaired) electrons. The van der Waals surface area contributed by atoms with Crippen molar-refractivity contribution in [3.8, 4) is 5.75 Å². The number of para-hydroxylation sites is 1. The lowest BCUT2D eigenvalue weighted by Crippen LogP contribution is -2.49. The molecule has 0 unspecified atom stereocenters. The predicted molar refractivity (Wildman–Crippen MR) is 138 cm³/mol. The highest BCUT2D eigenvalue weighted by Gasteiger charge is 2.36. The van der Waals surface area contributed by atoms with Gasteiger partial charge < -0.3 is 19.7 Å². The van der Waals surface area contributed by atoms with Crippen molar-refractivity contribution in [2.75, 3.05) is 59.6 Å². The quantitative estimate of drug-likeness (QED) is 0.560. The lowest BCUT2D eigenvalue weighted by atomic mass is 9.97. The zero-order valence-electron chi connectivity index (χ0n) is 21.4. The van der Waals surface area contributed by atoms with E-state index in [-0.39, 0.29) is 18.5 Å². The molecule has 1 fully saturated rings. The van der Waals surface area contributed by atoms with E-state index < -0.39 is 11.9 Å². The summed E-state index contributed by atoms with van der Waals surface area (Å²) in [4.78, 5) is 30.3. The van der Waals surface area contributed by atoms with Gasteiger partial charge in [0.05, 0.1) is 32.1 Å². The number of nitrogens with one attached hydrogen (secondary N) is 1. The number of rotatable bonds is 9. The van der Waals surface area contributed by atoms with Gasteiger partial charge in [0.15, 0.2) is 0 Å². The largest absolute Gasteiger partial charge is 0.496 e. The molecule has 0 aromatic heterocycles. The van der Waals surface area contributed by atoms with Crippen LogP contribution in [0.15, 0.2) is 53.6 Å². The van der Waals surface area contributed by atoms with Gasteiger partial charge in [-0.05, 0) is 19.1 Å². The maximum Gasteiger partial charge on any atom is 0.317 e. The molecule has 2 aliphatic heterocycles. The van der Waals surface area contributed by atoms with E-state index in [0.29, 0.717) is 56.3 Å². The molecule has 10 heteroatoms. The summed E-state index contributed by atoms with van der Waals surface area (Å²) in [5.74, 6) is -0.137. The molecule has 1 atom stereocenters. The normalized spacial score (nSPS) is 17.9. The minimum Gasteiger partial charge on any atom is -0.496 e. The van der Waals surface area contributed by atoms with Crippen LogP contribution in [0.4, 0.5) is 9.18 Å². The average Bonchev–Trinajstić information content (AvgIpc) is 3.37. The topological polar surface area (TPSA) is 86.7 Å². The Kier molecular flexibility index (Phi) is 9.08. The number of hydrogen-bond donors (Lipinski definition) is 1. The third-order valence-electron chi connectivity index (χ3n) is 6.58. The van der Waals surface area contributed by atoms with Crippen LogP contribution < -0.4 is 10.1 Å². The number of morpholine rings is 1. The Balaban J connectivity index is 1.59. The lowest BCUT2D eigenvalue weighted by Gasteiger charge is -2.31. The molecule has 2 heterocycles. The number of hydrogen-bond acceptors (Lipinski definition) is 6. The molecule has 2 aromatic carbocycles. The van der Waals surface area contributed by atoms with Gasteiger partial charge in [0.2, 0.25) is 0 Å². The van der Waals surface area contributed by atoms with Gasteiger partial charge in [0, 0.05) is 50.3 Å². The maximum absolute atomic E-state index is 14.6. The van der Waals surface area contributed by atoms with E-state index in [0.717, 1.165) is 18.7 Å². The first-order valence-corrected chi connectivity index (χ1v) is 12.6. The number of methoxy groups -OCH3 is 1. The minimum atomic E-state index is -0.492. The van der Waals surface area contributed by atoms with Gasteiger partial charge in [-0.15, -0.1) is 0 Å². The summed E-state index contributed by atoms with van der Waals surface area (Å²) in [7, 11) is 1.57. The number of nitrogens with zero attached hydrogens (tertiary/aromatic N) is 4. The molecule has 9 nitrogen and oxygen atoms in total. The average molecular weight is 512 g/mol. The Morgan fingerprint density at radius 2 is 1.89 bits per heavy atom. The summed E-state index contributed by atoms with van der Waals surface area (Å²) in [5, 5.41) is 8.76. The Bertz CT molecular complexity index is 1120. The molecular formula is C27H34FN5O4. The first kappa shape index (κ1) is 26.6. The Morgan fingerprint density at radius 3 is 2.62 bits per heavy atom. The second-order valence-electron chi connectivity index (χ2n) is 8.94. The first-order chi connectivity index (χ1) is 18.0. The van der Waals surface area contributed by atoms with Crippen LogP contribution in [0.5, 0.6) is 5.75 Å². The monoisotopic (exact) mass is 511 g/mol. The highest BCUT2D eigenvalue weighted by atomic mass is 19.1. The highest BCUT2D eigenvalue weighted by Crippen LogP contribution is 2.37. The Hall–Kier alpha value is -3.50. The zero-order chi connectivity index (χ0) is 26.2. The first-order valence-electron chi connectivity index (χ1n) is 12.6. The van der Waals surface area contributed by atoms with E-state index in [1.165, 1.54) is 16.0 Å². The molecular weight excluding hydrogens is 477 g/mol. The molecule has 2 aliphatic rings. The summed E-state index contributed by atoms with van der Waals surface area (Å²) in [6.07, 6.45) is 0.321. The van der Waals surface area contributed by atoms with Crippen LogP contribution in [0.1, 0.15) is 30.5 Å². The fraction of sp³-hybridized carbons (Fsp3) is 0.444. The summed E-state index contributed by atoms with van der Waals surface area (Å²) in [5.41, 5.74) is 1.59. The van der Waals surface area contributed by atoms with Gasteiger partial charge in [-0.25, -0.2) is 14.2 Å². The van der Waals surface area contributed by atoms with Crippen molar-refractivity contribution in [3.05, 3.63) is 65.5 Å². The Labute approximate surface area is 216 Å². The van der Waals surface area contributed by atoms with Gasteiger partial charge in [-0.3, -0.25) is 9.69 Å². The molecule has 0 bridgehead atoms. The summed E-state index contributed by atoms with van der Waals surface area (Å²) in [6.45, 7) is 6.03. The molecule has 4 rings (SSSR count). The summed E-state index contributed by atoms with van der Waals surface area (Å²) in [6, 6.07) is 13.0. The van der Waals surface area contributed by atoms with E-state index in [1.807, 2.05) is 31.2 Å². The molecule has 0 spiro atoms. The van der Waals surface area contributed by atoms with Gasteiger partial charge in [-0.2, -0.15) is 5.10 Å². The molecule has 3 amide bonds. The summed E-state index contributed by atoms with van der Waals surface area (Å²) >= 11 is 0. The molecule has 1 saturated heterocycles. The SMILES string of the molecule is CCNC(=O)N(CCN1CCOCC1)CC(=O)N1N=C(c2ccccc2F)C[C@H]1c1ccccc1OC. The predicted octanol–water partition coefficient (Wildman–Crippen LogP) is 2.88. The zero-order valence-corrected chi connectivity index (χ0v) is 21.4. The van der Waals surface area contributed by atoms with Crippen molar-refractivity contribution in [1.82, 2.24) is 20.1 Å². The van der Waals surface area contributed by atoms with Crippen molar-refractivity contribution in [2.24, 2.45) is 5.10 Å². The second kappa shape index (κ2) is 12.6. The van der Waals surface area contributed by atoms with Crippen LogP contribution in [0.2, 0.25) is 0 Å². The summed E-state index contributed by atoms with van der Waals surface area (Å²) < 4.78 is 25.6. The number of halogens is 1. The fourth-order valence-corrected chi connectivity index (χ4v) is 4.62. The van der Waals surface area contributed by atoms with Crippen LogP contribution in [-0.2, 0) is 9.53 Å². The fourth-order valence-electron chi connectivity index (χ4n) is 4.62. The van der Waals surface area contributed by atoms with Crippen molar-refractivity contribution in [2.45, 2.75) is 19.4 Å². The van der Waals surface area contributed by atoms with Crippen molar-refractivity contribution in [3.63, 3.8) is 0 Å². The number of ether oxygens (including phenoxy) is 2. The van der Waals surface area contributed by atoms with Gasteiger partial charge in [-0.1, -0.05) is 36.4 Å². The molecule has 198 valence electrons. The number of urea groups is 1. The molecule has 2 aromatic rings. The molecule has 37 heavy (non-hydrogen) atoms. The van der Waals surface area contributed by atoms with Gasteiger partial charge in [0.1, 0.15) is 18.1 Å². The van der Waals surface area contributed by atoms with Crippen LogP contribution in [0.25, 0.3) is 0 Å². The van der Waals surface area contributed by atoms with Crippen LogP contribution in [0, 0.1) is 5.82 Å². The van der Waals surface area contributed by atoms with Crippen molar-refractivity contribution < 1.29 is 23.5 Å². The van der Waals surface area contributed by atoms with E-state index in [4.69, 9.17) is 9.47 Å². The molecule has 0 saturated carbocycles. The van der Waals surface area contributed by atoms with Crippen LogP contribution in [-0.4, -0.2) is 92.1 Å². The second-order valence-corrected chi connectivity index (χ2v) is 8.94. The van der Waals surface area contributed by atoms with Crippen molar-refractivity contribution >= 4 is 17.6 Å². The smallest absolute Gasteiger partial charge is 0.317 e. The van der Waals surface area contributed by atoms with Crippen LogP contribution >= 0.6 is 0 Å². The lowest BCUT2D eigenvalue weighted by molar-refractivity contribution is -0.133. The minimum absolute atomic E-state index is 0.157.